The minimum atomic E-state index is 1.03. The summed E-state index contributed by atoms with van der Waals surface area (Å²) in [5.74, 6) is 1.03. The molecule has 0 spiro atoms. The molecule has 1 nitrogen and oxygen atoms in total. The lowest BCUT2D eigenvalue weighted by Gasteiger charge is -1.92. The molecule has 0 unspecified atom stereocenters. The lowest BCUT2D eigenvalue weighted by molar-refractivity contribution is 1.30. The van der Waals surface area contributed by atoms with Crippen LogP contribution in [0.25, 0.3) is 10.2 Å². The summed E-state index contributed by atoms with van der Waals surface area (Å²) < 4.78 is 2.44. The minimum Gasteiger partial charge on any atom is -0.230 e. The molecule has 3 aromatic rings. The first kappa shape index (κ1) is 11.3. The molecule has 0 N–H and O–H groups in total. The van der Waals surface area contributed by atoms with Crippen molar-refractivity contribution in [3.8, 4) is 0 Å². The molecule has 17 heavy (non-hydrogen) atoms. The van der Waals surface area contributed by atoms with E-state index in [1.807, 2.05) is 29.2 Å². The molecule has 0 saturated heterocycles. The van der Waals surface area contributed by atoms with Crippen LogP contribution in [0.4, 0.5) is 0 Å². The molecule has 4 heteroatoms. The molecule has 0 aliphatic carbocycles. The molecule has 0 aliphatic rings. The van der Waals surface area contributed by atoms with Gasteiger partial charge in [0.1, 0.15) is 0 Å². The number of hydrogen-bond donors (Lipinski definition) is 0. The second kappa shape index (κ2) is 4.80. The van der Waals surface area contributed by atoms with Crippen molar-refractivity contribution < 1.29 is 0 Å². The van der Waals surface area contributed by atoms with Crippen LogP contribution in [0.5, 0.6) is 0 Å². The zero-order chi connectivity index (χ0) is 11.7. The second-order valence-corrected chi connectivity index (χ2v) is 7.37. The average Bonchev–Trinajstić information content (AvgIpc) is 2.91. The van der Waals surface area contributed by atoms with Gasteiger partial charge in [0.2, 0.25) is 0 Å². The maximum Gasteiger partial charge on any atom is 0.151 e. The average molecular weight is 277 g/mol. The van der Waals surface area contributed by atoms with Gasteiger partial charge < -0.3 is 0 Å². The third-order valence-corrected chi connectivity index (χ3v) is 5.82. The van der Waals surface area contributed by atoms with Crippen LogP contribution >= 0.6 is 34.4 Å². The predicted octanol–water partition coefficient (Wildman–Crippen LogP) is 4.96. The standard InChI is InChI=1S/C13H11NS3/c1-9-6-7-10(16-9)8-15-13-14-11-4-2-3-5-12(11)17-13/h2-7H,8H2,1H3. The molecule has 3 rings (SSSR count). The van der Waals surface area contributed by atoms with Crippen molar-refractivity contribution >= 4 is 44.7 Å². The maximum absolute atomic E-state index is 4.62. The molecular formula is C13H11NS3. The van der Waals surface area contributed by atoms with E-state index >= 15 is 0 Å². The summed E-state index contributed by atoms with van der Waals surface area (Å²) in [7, 11) is 0. The van der Waals surface area contributed by atoms with Gasteiger partial charge in [0.15, 0.2) is 4.34 Å². The molecule has 86 valence electrons. The van der Waals surface area contributed by atoms with Crippen LogP contribution in [-0.2, 0) is 5.75 Å². The molecule has 1 aromatic carbocycles. The van der Waals surface area contributed by atoms with Crippen molar-refractivity contribution in [2.75, 3.05) is 0 Å². The number of para-hydroxylation sites is 1. The van der Waals surface area contributed by atoms with E-state index in [4.69, 9.17) is 0 Å². The lowest BCUT2D eigenvalue weighted by Crippen LogP contribution is -1.72. The fourth-order valence-electron chi connectivity index (χ4n) is 1.61. The van der Waals surface area contributed by atoms with Gasteiger partial charge in [-0.05, 0) is 31.2 Å². The summed E-state index contributed by atoms with van der Waals surface area (Å²) in [5.41, 5.74) is 1.11. The molecule has 0 aliphatic heterocycles. The monoisotopic (exact) mass is 277 g/mol. The number of aryl methyl sites for hydroxylation is 1. The van der Waals surface area contributed by atoms with Gasteiger partial charge in [-0.2, -0.15) is 0 Å². The highest BCUT2D eigenvalue weighted by atomic mass is 32.2. The van der Waals surface area contributed by atoms with Gasteiger partial charge >= 0.3 is 0 Å². The number of thiazole rings is 1. The number of nitrogens with zero attached hydrogens (tertiary/aromatic N) is 1. The smallest absolute Gasteiger partial charge is 0.151 e. The van der Waals surface area contributed by atoms with Crippen LogP contribution in [0.3, 0.4) is 0 Å². The molecule has 0 bridgehead atoms. The Kier molecular flexibility index (Phi) is 3.18. The van der Waals surface area contributed by atoms with E-state index in [1.165, 1.54) is 14.5 Å². The Morgan fingerprint density at radius 3 is 2.76 bits per heavy atom. The topological polar surface area (TPSA) is 12.9 Å². The highest BCUT2D eigenvalue weighted by Crippen LogP contribution is 2.32. The fraction of sp³-hybridized carbons (Fsp3) is 0.154. The summed E-state index contributed by atoms with van der Waals surface area (Å²) in [5, 5.41) is 0. The highest BCUT2D eigenvalue weighted by Gasteiger charge is 2.04. The Labute approximate surface area is 113 Å². The first-order chi connectivity index (χ1) is 8.31. The van der Waals surface area contributed by atoms with E-state index in [0.29, 0.717) is 0 Å². The van der Waals surface area contributed by atoms with Crippen LogP contribution < -0.4 is 0 Å². The van der Waals surface area contributed by atoms with E-state index in [1.54, 1.807) is 11.3 Å². The Morgan fingerprint density at radius 2 is 2.00 bits per heavy atom. The minimum absolute atomic E-state index is 1.03. The largest absolute Gasteiger partial charge is 0.230 e. The first-order valence-corrected chi connectivity index (χ1v) is 7.97. The quantitative estimate of drug-likeness (QED) is 0.628. The zero-order valence-electron chi connectivity index (χ0n) is 9.34. The summed E-state index contributed by atoms with van der Waals surface area (Å²) in [6.45, 7) is 2.15. The van der Waals surface area contributed by atoms with Crippen molar-refractivity contribution in [1.29, 1.82) is 0 Å². The number of fused-ring (bicyclic) bond motifs is 1. The van der Waals surface area contributed by atoms with E-state index in [9.17, 15) is 0 Å². The van der Waals surface area contributed by atoms with E-state index in [-0.39, 0.29) is 0 Å². The highest BCUT2D eigenvalue weighted by molar-refractivity contribution is 8.00. The Hall–Kier alpha value is -0.840. The van der Waals surface area contributed by atoms with E-state index in [0.717, 1.165) is 15.6 Å². The van der Waals surface area contributed by atoms with Crippen LogP contribution in [0.15, 0.2) is 40.7 Å². The van der Waals surface area contributed by atoms with Crippen LogP contribution in [-0.4, -0.2) is 4.98 Å². The predicted molar refractivity (Wildman–Crippen MR) is 78.2 cm³/mol. The second-order valence-electron chi connectivity index (χ2n) is 3.75. The zero-order valence-corrected chi connectivity index (χ0v) is 11.8. The van der Waals surface area contributed by atoms with Crippen molar-refractivity contribution in [2.45, 2.75) is 17.0 Å². The number of aromatic nitrogens is 1. The number of rotatable bonds is 3. The first-order valence-electron chi connectivity index (χ1n) is 5.35. The number of hydrogen-bond acceptors (Lipinski definition) is 4. The SMILES string of the molecule is Cc1ccc(CSc2nc3ccccc3s2)s1. The Bertz CT molecular complexity index is 606. The van der Waals surface area contributed by atoms with Crippen LogP contribution in [0, 0.1) is 6.92 Å². The summed E-state index contributed by atoms with van der Waals surface area (Å²) in [6.07, 6.45) is 0. The maximum atomic E-state index is 4.62. The van der Waals surface area contributed by atoms with Gasteiger partial charge in [0.05, 0.1) is 10.2 Å². The van der Waals surface area contributed by atoms with E-state index < -0.39 is 0 Å². The van der Waals surface area contributed by atoms with Crippen molar-refractivity contribution in [1.82, 2.24) is 4.98 Å². The Balaban J connectivity index is 1.76. The van der Waals surface area contributed by atoms with Gasteiger partial charge in [-0.1, -0.05) is 23.9 Å². The number of thioether (sulfide) groups is 1. The van der Waals surface area contributed by atoms with Gasteiger partial charge in [-0.25, -0.2) is 4.98 Å². The van der Waals surface area contributed by atoms with Crippen LogP contribution in [0.2, 0.25) is 0 Å². The third kappa shape index (κ3) is 2.54. The summed E-state index contributed by atoms with van der Waals surface area (Å²) in [4.78, 5) is 7.42. The molecule has 0 atom stereocenters. The van der Waals surface area contributed by atoms with Gasteiger partial charge in [0, 0.05) is 15.5 Å². The normalized spacial score (nSPS) is 11.1. The van der Waals surface area contributed by atoms with Crippen molar-refractivity contribution in [3.05, 3.63) is 46.2 Å². The Morgan fingerprint density at radius 1 is 1.12 bits per heavy atom. The van der Waals surface area contributed by atoms with Gasteiger partial charge in [0.25, 0.3) is 0 Å². The van der Waals surface area contributed by atoms with Crippen molar-refractivity contribution in [2.24, 2.45) is 0 Å². The number of benzene rings is 1. The number of thiophene rings is 1. The molecule has 2 heterocycles. The summed E-state index contributed by atoms with van der Waals surface area (Å²) >= 11 is 5.48. The molecule has 0 amide bonds. The van der Waals surface area contributed by atoms with Gasteiger partial charge in [-0.15, -0.1) is 22.7 Å². The van der Waals surface area contributed by atoms with E-state index in [2.05, 4.69) is 42.2 Å². The fourth-order valence-corrected chi connectivity index (χ4v) is 4.61. The lowest BCUT2D eigenvalue weighted by atomic mass is 10.3. The molecular weight excluding hydrogens is 266 g/mol. The summed E-state index contributed by atoms with van der Waals surface area (Å²) in [6, 6.07) is 12.7. The third-order valence-electron chi connectivity index (χ3n) is 2.41. The van der Waals surface area contributed by atoms with Crippen molar-refractivity contribution in [3.63, 3.8) is 0 Å². The molecule has 0 fully saturated rings. The molecule has 0 saturated carbocycles. The molecule has 0 radical (unpaired) electrons. The van der Waals surface area contributed by atoms with Crippen LogP contribution in [0.1, 0.15) is 9.75 Å². The molecule has 2 aromatic heterocycles. The van der Waals surface area contributed by atoms with Gasteiger partial charge in [-0.3, -0.25) is 0 Å².